The van der Waals surface area contributed by atoms with Gasteiger partial charge in [0.05, 0.1) is 5.69 Å². The van der Waals surface area contributed by atoms with Crippen LogP contribution >= 0.6 is 0 Å². The lowest BCUT2D eigenvalue weighted by Crippen LogP contribution is -2.06. The van der Waals surface area contributed by atoms with Gasteiger partial charge in [-0.3, -0.25) is 4.79 Å². The molecule has 0 N–H and O–H groups in total. The van der Waals surface area contributed by atoms with Crippen molar-refractivity contribution in [3.05, 3.63) is 66.5 Å². The number of allylic oxidation sites excluding steroid dienone is 1. The van der Waals surface area contributed by atoms with Crippen molar-refractivity contribution in [1.29, 1.82) is 0 Å². The SMILES string of the molecule is C=C(C(=O)c1cccn1C)c1ccccc1. The zero-order valence-corrected chi connectivity index (χ0v) is 9.18. The topological polar surface area (TPSA) is 22.0 Å². The molecule has 2 nitrogen and oxygen atoms in total. The van der Waals surface area contributed by atoms with Crippen molar-refractivity contribution < 1.29 is 4.79 Å². The molecule has 1 heterocycles. The van der Waals surface area contributed by atoms with Crippen molar-refractivity contribution in [2.45, 2.75) is 0 Å². The van der Waals surface area contributed by atoms with E-state index in [1.807, 2.05) is 49.6 Å². The van der Waals surface area contributed by atoms with Gasteiger partial charge in [0.15, 0.2) is 0 Å². The average molecular weight is 211 g/mol. The number of nitrogens with zero attached hydrogens (tertiary/aromatic N) is 1. The summed E-state index contributed by atoms with van der Waals surface area (Å²) in [4.78, 5) is 12.1. The Morgan fingerprint density at radius 3 is 2.38 bits per heavy atom. The first kappa shape index (κ1) is 10.4. The number of hydrogen-bond acceptors (Lipinski definition) is 1. The molecule has 0 spiro atoms. The Labute approximate surface area is 94.8 Å². The molecule has 0 amide bonds. The van der Waals surface area contributed by atoms with E-state index in [2.05, 4.69) is 6.58 Å². The smallest absolute Gasteiger partial charge is 0.209 e. The molecule has 0 aliphatic heterocycles. The average Bonchev–Trinajstić information content (AvgIpc) is 2.75. The van der Waals surface area contributed by atoms with Crippen LogP contribution < -0.4 is 0 Å². The molecule has 0 aliphatic carbocycles. The first-order valence-corrected chi connectivity index (χ1v) is 5.10. The van der Waals surface area contributed by atoms with Gasteiger partial charge in [-0.25, -0.2) is 0 Å². The number of Topliss-reactive ketones (excluding diaryl/α,β-unsaturated/α-hetero) is 1. The van der Waals surface area contributed by atoms with Crippen molar-refractivity contribution in [3.8, 4) is 0 Å². The highest BCUT2D eigenvalue weighted by Crippen LogP contribution is 2.17. The van der Waals surface area contributed by atoms with E-state index in [4.69, 9.17) is 0 Å². The number of benzene rings is 1. The highest BCUT2D eigenvalue weighted by atomic mass is 16.1. The first-order valence-electron chi connectivity index (χ1n) is 5.10. The lowest BCUT2D eigenvalue weighted by atomic mass is 10.0. The van der Waals surface area contributed by atoms with Crippen LogP contribution in [0.3, 0.4) is 0 Å². The number of ketones is 1. The van der Waals surface area contributed by atoms with Crippen LogP contribution in [0.25, 0.3) is 5.57 Å². The molecule has 0 aliphatic rings. The van der Waals surface area contributed by atoms with Crippen LogP contribution in [0.2, 0.25) is 0 Å². The molecule has 1 aromatic carbocycles. The third-order valence-corrected chi connectivity index (χ3v) is 2.57. The number of aromatic nitrogens is 1. The van der Waals surface area contributed by atoms with Crippen molar-refractivity contribution in [3.63, 3.8) is 0 Å². The Morgan fingerprint density at radius 1 is 1.12 bits per heavy atom. The van der Waals surface area contributed by atoms with E-state index < -0.39 is 0 Å². The van der Waals surface area contributed by atoms with Gasteiger partial charge < -0.3 is 4.57 Å². The predicted octanol–water partition coefficient (Wildman–Crippen LogP) is 2.92. The van der Waals surface area contributed by atoms with Gasteiger partial charge in [0.1, 0.15) is 0 Å². The van der Waals surface area contributed by atoms with Crippen molar-refractivity contribution in [1.82, 2.24) is 4.57 Å². The number of aryl methyl sites for hydroxylation is 1. The Kier molecular flexibility index (Phi) is 2.73. The quantitative estimate of drug-likeness (QED) is 0.565. The minimum Gasteiger partial charge on any atom is -0.348 e. The highest BCUT2D eigenvalue weighted by molar-refractivity contribution is 6.27. The molecule has 0 fully saturated rings. The summed E-state index contributed by atoms with van der Waals surface area (Å²) in [5.74, 6) is -0.0290. The summed E-state index contributed by atoms with van der Waals surface area (Å²) in [6, 6.07) is 13.2. The van der Waals surface area contributed by atoms with Crippen LogP contribution in [0, 0.1) is 0 Å². The van der Waals surface area contributed by atoms with Gasteiger partial charge in [0.2, 0.25) is 5.78 Å². The molecule has 0 saturated carbocycles. The van der Waals surface area contributed by atoms with Gasteiger partial charge in [0, 0.05) is 18.8 Å². The maximum Gasteiger partial charge on any atom is 0.209 e. The van der Waals surface area contributed by atoms with Crippen LogP contribution in [0.1, 0.15) is 16.1 Å². The van der Waals surface area contributed by atoms with Crippen LogP contribution in [0.4, 0.5) is 0 Å². The zero-order valence-electron chi connectivity index (χ0n) is 9.18. The minimum absolute atomic E-state index is 0.0290. The van der Waals surface area contributed by atoms with Crippen LogP contribution in [-0.4, -0.2) is 10.4 Å². The zero-order chi connectivity index (χ0) is 11.5. The molecule has 2 aromatic rings. The van der Waals surface area contributed by atoms with Crippen molar-refractivity contribution >= 4 is 11.4 Å². The van der Waals surface area contributed by atoms with Crippen LogP contribution in [0.15, 0.2) is 55.2 Å². The molecule has 16 heavy (non-hydrogen) atoms. The second kappa shape index (κ2) is 4.19. The van der Waals surface area contributed by atoms with E-state index in [9.17, 15) is 4.79 Å². The van der Waals surface area contributed by atoms with Gasteiger partial charge in [-0.2, -0.15) is 0 Å². The number of hydrogen-bond donors (Lipinski definition) is 0. The molecular weight excluding hydrogens is 198 g/mol. The van der Waals surface area contributed by atoms with Crippen molar-refractivity contribution in [2.24, 2.45) is 7.05 Å². The maximum absolute atomic E-state index is 12.1. The molecule has 80 valence electrons. The predicted molar refractivity (Wildman–Crippen MR) is 65.2 cm³/mol. The normalized spacial score (nSPS) is 10.1. The lowest BCUT2D eigenvalue weighted by molar-refractivity contribution is 0.105. The lowest BCUT2D eigenvalue weighted by Gasteiger charge is -2.05. The van der Waals surface area contributed by atoms with E-state index in [0.717, 1.165) is 5.56 Å². The van der Waals surface area contributed by atoms with E-state index in [-0.39, 0.29) is 5.78 Å². The summed E-state index contributed by atoms with van der Waals surface area (Å²) in [5, 5.41) is 0. The van der Waals surface area contributed by atoms with E-state index in [1.54, 1.807) is 10.6 Å². The van der Waals surface area contributed by atoms with Gasteiger partial charge in [0.25, 0.3) is 0 Å². The Morgan fingerprint density at radius 2 is 1.81 bits per heavy atom. The minimum atomic E-state index is -0.0290. The molecular formula is C14H13NO. The van der Waals surface area contributed by atoms with E-state index >= 15 is 0 Å². The summed E-state index contributed by atoms with van der Waals surface area (Å²) < 4.78 is 1.80. The van der Waals surface area contributed by atoms with Gasteiger partial charge in [-0.15, -0.1) is 0 Å². The second-order valence-electron chi connectivity index (χ2n) is 3.68. The standard InChI is InChI=1S/C14H13NO/c1-11(12-7-4-3-5-8-12)14(16)13-9-6-10-15(13)2/h3-10H,1H2,2H3. The molecule has 2 rings (SSSR count). The van der Waals surface area contributed by atoms with Gasteiger partial charge in [-0.1, -0.05) is 36.9 Å². The van der Waals surface area contributed by atoms with E-state index in [0.29, 0.717) is 11.3 Å². The summed E-state index contributed by atoms with van der Waals surface area (Å²) >= 11 is 0. The fourth-order valence-corrected chi connectivity index (χ4v) is 1.62. The third-order valence-electron chi connectivity index (χ3n) is 2.57. The highest BCUT2D eigenvalue weighted by Gasteiger charge is 2.13. The Hall–Kier alpha value is -2.09. The molecule has 0 saturated heterocycles. The number of carbonyl (C=O) groups is 1. The maximum atomic E-state index is 12.1. The molecule has 1 aromatic heterocycles. The molecule has 0 unspecified atom stereocenters. The summed E-state index contributed by atoms with van der Waals surface area (Å²) in [6.45, 7) is 3.86. The molecule has 0 radical (unpaired) electrons. The van der Waals surface area contributed by atoms with Crippen LogP contribution in [0.5, 0.6) is 0 Å². The van der Waals surface area contributed by atoms with Gasteiger partial charge in [-0.05, 0) is 17.7 Å². The monoisotopic (exact) mass is 211 g/mol. The summed E-state index contributed by atoms with van der Waals surface area (Å²) in [6.07, 6.45) is 1.85. The first-order chi connectivity index (χ1) is 7.70. The largest absolute Gasteiger partial charge is 0.348 e. The Bertz CT molecular complexity index is 523. The third kappa shape index (κ3) is 1.82. The van der Waals surface area contributed by atoms with Crippen LogP contribution in [-0.2, 0) is 7.05 Å². The second-order valence-corrected chi connectivity index (χ2v) is 3.68. The molecule has 0 bridgehead atoms. The number of carbonyl (C=O) groups excluding carboxylic acids is 1. The number of rotatable bonds is 3. The fourth-order valence-electron chi connectivity index (χ4n) is 1.62. The van der Waals surface area contributed by atoms with Crippen molar-refractivity contribution in [2.75, 3.05) is 0 Å². The summed E-state index contributed by atoms with van der Waals surface area (Å²) in [7, 11) is 1.85. The van der Waals surface area contributed by atoms with E-state index in [1.165, 1.54) is 0 Å². The molecule has 0 atom stereocenters. The van der Waals surface area contributed by atoms with Gasteiger partial charge >= 0.3 is 0 Å². The Balaban J connectivity index is 2.31. The summed E-state index contributed by atoms with van der Waals surface area (Å²) in [5.41, 5.74) is 2.06. The fraction of sp³-hybridized carbons (Fsp3) is 0.0714. The molecule has 2 heteroatoms.